The quantitative estimate of drug-likeness (QED) is 0.582. The molecule has 1 heterocycles. The van der Waals surface area contributed by atoms with Crippen LogP contribution in [0.4, 0.5) is 0 Å². The number of nitrogens with one attached hydrogen (secondary N) is 2. The Hall–Kier alpha value is -1.44. The highest BCUT2D eigenvalue weighted by atomic mass is 32.2. The lowest BCUT2D eigenvalue weighted by Gasteiger charge is -2.32. The zero-order chi connectivity index (χ0) is 21.7. The number of benzene rings is 1. The van der Waals surface area contributed by atoms with Crippen molar-refractivity contribution in [3.05, 3.63) is 34.9 Å². The van der Waals surface area contributed by atoms with Crippen LogP contribution in [0.15, 0.2) is 18.2 Å². The van der Waals surface area contributed by atoms with Crippen LogP contribution in [0.5, 0.6) is 0 Å². The van der Waals surface area contributed by atoms with E-state index >= 15 is 0 Å². The van der Waals surface area contributed by atoms with Gasteiger partial charge in [-0.05, 0) is 35.4 Å². The Labute approximate surface area is 180 Å². The second kappa shape index (κ2) is 10.2. The fraction of sp³-hybridized carbons (Fsp3) is 0.696. The van der Waals surface area contributed by atoms with E-state index in [-0.39, 0.29) is 36.0 Å². The third-order valence-corrected chi connectivity index (χ3v) is 8.12. The van der Waals surface area contributed by atoms with E-state index in [0.29, 0.717) is 5.92 Å². The van der Waals surface area contributed by atoms with Crippen molar-refractivity contribution in [3.8, 4) is 0 Å². The van der Waals surface area contributed by atoms with Gasteiger partial charge in [0.05, 0.1) is 23.7 Å². The first-order chi connectivity index (χ1) is 14.3. The van der Waals surface area contributed by atoms with Crippen LogP contribution in [0.3, 0.4) is 0 Å². The molecule has 1 unspecified atom stereocenters. The number of hydrogen-bond donors (Lipinski definition) is 3. The van der Waals surface area contributed by atoms with Crippen LogP contribution in [-0.4, -0.2) is 43.9 Å². The predicted octanol–water partition coefficient (Wildman–Crippen LogP) is 2.64. The second-order valence-electron chi connectivity index (χ2n) is 9.02. The van der Waals surface area contributed by atoms with Crippen molar-refractivity contribution in [1.29, 1.82) is 0 Å². The van der Waals surface area contributed by atoms with E-state index in [0.717, 1.165) is 36.8 Å². The standard InChI is InChI=1S/C23H36N2O4S/c1-3-17-9-10-19-14-30(28,29)15-22(20(19)11-17)24-13-23(27)21(25-16(2)26)12-18-7-5-4-6-8-18/h9-11,18,21-24,27H,3-8,12-15H2,1-2H3,(H,25,26)/t21?,22-,23+/m0/s1. The van der Waals surface area contributed by atoms with Crippen LogP contribution in [0.1, 0.15) is 75.1 Å². The third-order valence-electron chi connectivity index (χ3n) is 6.53. The van der Waals surface area contributed by atoms with Crippen LogP contribution < -0.4 is 10.6 Å². The van der Waals surface area contributed by atoms with Crippen molar-refractivity contribution in [3.63, 3.8) is 0 Å². The maximum absolute atomic E-state index is 12.4. The highest BCUT2D eigenvalue weighted by molar-refractivity contribution is 7.90. The van der Waals surface area contributed by atoms with Crippen LogP contribution in [0.25, 0.3) is 0 Å². The van der Waals surface area contributed by atoms with Crippen molar-refractivity contribution in [2.45, 2.75) is 82.7 Å². The topological polar surface area (TPSA) is 95.5 Å². The molecule has 1 aromatic rings. The van der Waals surface area contributed by atoms with Crippen molar-refractivity contribution in [1.82, 2.24) is 10.6 Å². The van der Waals surface area contributed by atoms with Gasteiger partial charge in [0.2, 0.25) is 5.91 Å². The summed E-state index contributed by atoms with van der Waals surface area (Å²) in [5, 5.41) is 17.1. The van der Waals surface area contributed by atoms with Gasteiger partial charge in [0, 0.05) is 19.5 Å². The highest BCUT2D eigenvalue weighted by Crippen LogP contribution is 2.30. The molecule has 0 bridgehead atoms. The number of carbonyl (C=O) groups is 1. The van der Waals surface area contributed by atoms with Gasteiger partial charge in [0.25, 0.3) is 0 Å². The summed E-state index contributed by atoms with van der Waals surface area (Å²) < 4.78 is 24.8. The molecule has 0 saturated heterocycles. The minimum Gasteiger partial charge on any atom is -0.390 e. The number of aryl methyl sites for hydroxylation is 1. The molecule has 0 spiro atoms. The van der Waals surface area contributed by atoms with Crippen LogP contribution in [-0.2, 0) is 26.8 Å². The molecule has 2 aliphatic rings. The fourth-order valence-corrected chi connectivity index (χ4v) is 6.55. The molecule has 3 rings (SSSR count). The van der Waals surface area contributed by atoms with E-state index in [1.54, 1.807) is 0 Å². The Balaban J connectivity index is 1.69. The zero-order valence-electron chi connectivity index (χ0n) is 18.2. The Bertz CT molecular complexity index is 834. The summed E-state index contributed by atoms with van der Waals surface area (Å²) in [6, 6.07) is 5.33. The number of amides is 1. The largest absolute Gasteiger partial charge is 0.390 e. The molecule has 3 atom stereocenters. The molecule has 1 amide bonds. The maximum Gasteiger partial charge on any atom is 0.217 e. The second-order valence-corrected chi connectivity index (χ2v) is 11.1. The summed E-state index contributed by atoms with van der Waals surface area (Å²) in [6.45, 7) is 3.80. The Morgan fingerprint density at radius 2 is 1.97 bits per heavy atom. The number of sulfone groups is 1. The summed E-state index contributed by atoms with van der Waals surface area (Å²) in [6.07, 6.45) is 6.86. The monoisotopic (exact) mass is 436 g/mol. The SMILES string of the molecule is CCc1ccc2c(c1)[C@@H](NC[C@@H](O)C(CC1CCCCC1)NC(C)=O)CS(=O)(=O)C2. The summed E-state index contributed by atoms with van der Waals surface area (Å²) >= 11 is 0. The third kappa shape index (κ3) is 6.28. The molecule has 1 saturated carbocycles. The van der Waals surface area contributed by atoms with Crippen LogP contribution >= 0.6 is 0 Å². The van der Waals surface area contributed by atoms with E-state index in [1.165, 1.54) is 31.7 Å². The van der Waals surface area contributed by atoms with Gasteiger partial charge in [-0.1, -0.05) is 57.2 Å². The molecule has 168 valence electrons. The normalized spacial score (nSPS) is 23.4. The average molecular weight is 437 g/mol. The highest BCUT2D eigenvalue weighted by Gasteiger charge is 2.31. The molecule has 3 N–H and O–H groups in total. The van der Waals surface area contributed by atoms with Gasteiger partial charge in [-0.2, -0.15) is 0 Å². The van der Waals surface area contributed by atoms with Crippen LogP contribution in [0.2, 0.25) is 0 Å². The molecule has 6 nitrogen and oxygen atoms in total. The van der Waals surface area contributed by atoms with Gasteiger partial charge >= 0.3 is 0 Å². The first kappa shape index (κ1) is 23.2. The molecule has 0 aromatic heterocycles. The first-order valence-electron chi connectivity index (χ1n) is 11.3. The minimum atomic E-state index is -3.19. The molecule has 1 aromatic carbocycles. The Morgan fingerprint density at radius 3 is 2.63 bits per heavy atom. The van der Waals surface area contributed by atoms with E-state index in [9.17, 15) is 18.3 Å². The number of rotatable bonds is 8. The van der Waals surface area contributed by atoms with E-state index in [4.69, 9.17) is 0 Å². The van der Waals surface area contributed by atoms with Crippen molar-refractivity contribution >= 4 is 15.7 Å². The van der Waals surface area contributed by atoms with E-state index < -0.39 is 15.9 Å². The summed E-state index contributed by atoms with van der Waals surface area (Å²) in [7, 11) is -3.19. The van der Waals surface area contributed by atoms with Crippen molar-refractivity contribution in [2.24, 2.45) is 5.92 Å². The number of hydrogen-bond acceptors (Lipinski definition) is 5. The molecule has 7 heteroatoms. The lowest BCUT2D eigenvalue weighted by molar-refractivity contribution is -0.120. The smallest absolute Gasteiger partial charge is 0.217 e. The van der Waals surface area contributed by atoms with Crippen LogP contribution in [0, 0.1) is 5.92 Å². The van der Waals surface area contributed by atoms with Crippen molar-refractivity contribution < 1.29 is 18.3 Å². The maximum atomic E-state index is 12.4. The average Bonchev–Trinajstić information content (AvgIpc) is 2.70. The number of fused-ring (bicyclic) bond motifs is 1. The lowest BCUT2D eigenvalue weighted by Crippen LogP contribution is -2.49. The molecular weight excluding hydrogens is 400 g/mol. The Kier molecular flexibility index (Phi) is 7.93. The number of carbonyl (C=O) groups excluding carboxylic acids is 1. The molecule has 1 aliphatic carbocycles. The van der Waals surface area contributed by atoms with E-state index in [2.05, 4.69) is 23.6 Å². The number of aliphatic hydroxyl groups is 1. The van der Waals surface area contributed by atoms with Gasteiger partial charge in [-0.3, -0.25) is 4.79 Å². The molecular formula is C23H36N2O4S. The number of aliphatic hydroxyl groups excluding tert-OH is 1. The first-order valence-corrected chi connectivity index (χ1v) is 13.1. The van der Waals surface area contributed by atoms with Gasteiger partial charge in [-0.25, -0.2) is 8.42 Å². The Morgan fingerprint density at radius 1 is 1.23 bits per heavy atom. The fourth-order valence-electron chi connectivity index (χ4n) is 4.89. The van der Waals surface area contributed by atoms with Gasteiger partial charge < -0.3 is 15.7 Å². The molecule has 1 aliphatic heterocycles. The minimum absolute atomic E-state index is 0.0350. The van der Waals surface area contributed by atoms with Gasteiger partial charge in [0.1, 0.15) is 0 Å². The zero-order valence-corrected chi connectivity index (χ0v) is 19.0. The van der Waals surface area contributed by atoms with Gasteiger partial charge in [-0.15, -0.1) is 0 Å². The van der Waals surface area contributed by atoms with Crippen molar-refractivity contribution in [2.75, 3.05) is 12.3 Å². The predicted molar refractivity (Wildman–Crippen MR) is 119 cm³/mol. The lowest BCUT2D eigenvalue weighted by atomic mass is 9.83. The summed E-state index contributed by atoms with van der Waals surface area (Å²) in [5.41, 5.74) is 3.03. The summed E-state index contributed by atoms with van der Waals surface area (Å²) in [4.78, 5) is 11.7. The summed E-state index contributed by atoms with van der Waals surface area (Å²) in [5.74, 6) is 0.484. The molecule has 0 radical (unpaired) electrons. The van der Waals surface area contributed by atoms with E-state index in [1.807, 2.05) is 12.1 Å². The van der Waals surface area contributed by atoms with Gasteiger partial charge in [0.15, 0.2) is 9.84 Å². The molecule has 30 heavy (non-hydrogen) atoms. The molecule has 1 fully saturated rings.